The van der Waals surface area contributed by atoms with Gasteiger partial charge in [0.25, 0.3) is 0 Å². The number of benzene rings is 1. The van der Waals surface area contributed by atoms with Crippen LogP contribution in [0.25, 0.3) is 0 Å². The molecular formula is C13H19NO2S. The Morgan fingerprint density at radius 3 is 2.65 bits per heavy atom. The highest BCUT2D eigenvalue weighted by molar-refractivity contribution is 7.98. The second kappa shape index (κ2) is 4.78. The maximum atomic E-state index is 6.09. The van der Waals surface area contributed by atoms with Gasteiger partial charge in [-0.1, -0.05) is 6.07 Å². The van der Waals surface area contributed by atoms with E-state index in [0.717, 1.165) is 22.8 Å². The molecule has 0 amide bonds. The predicted molar refractivity (Wildman–Crippen MR) is 71.2 cm³/mol. The van der Waals surface area contributed by atoms with Gasteiger partial charge in [0.2, 0.25) is 0 Å². The van der Waals surface area contributed by atoms with Gasteiger partial charge in [0.1, 0.15) is 13.2 Å². The highest BCUT2D eigenvalue weighted by atomic mass is 32.2. The van der Waals surface area contributed by atoms with E-state index >= 15 is 0 Å². The van der Waals surface area contributed by atoms with E-state index in [-0.39, 0.29) is 5.54 Å². The van der Waals surface area contributed by atoms with Crippen LogP contribution in [-0.2, 0) is 6.42 Å². The van der Waals surface area contributed by atoms with E-state index in [1.165, 1.54) is 5.56 Å². The summed E-state index contributed by atoms with van der Waals surface area (Å²) in [5.41, 5.74) is 7.10. The molecule has 0 spiro atoms. The van der Waals surface area contributed by atoms with Crippen molar-refractivity contribution in [1.82, 2.24) is 0 Å². The number of nitrogens with two attached hydrogens (primary N) is 1. The largest absolute Gasteiger partial charge is 0.486 e. The van der Waals surface area contributed by atoms with Crippen molar-refractivity contribution in [2.24, 2.45) is 5.73 Å². The van der Waals surface area contributed by atoms with Crippen LogP contribution in [0.4, 0.5) is 0 Å². The molecule has 0 fully saturated rings. The Hall–Kier alpha value is -0.870. The van der Waals surface area contributed by atoms with Gasteiger partial charge in [0, 0.05) is 5.54 Å². The van der Waals surface area contributed by atoms with Gasteiger partial charge in [-0.3, -0.25) is 0 Å². The minimum atomic E-state index is -0.214. The summed E-state index contributed by atoms with van der Waals surface area (Å²) in [6, 6.07) is 4.07. The van der Waals surface area contributed by atoms with Crippen LogP contribution in [-0.4, -0.2) is 25.0 Å². The van der Waals surface area contributed by atoms with Crippen LogP contribution in [0.5, 0.6) is 11.5 Å². The molecule has 2 rings (SSSR count). The van der Waals surface area contributed by atoms with Gasteiger partial charge in [0.15, 0.2) is 11.5 Å². The molecule has 1 aliphatic heterocycles. The van der Waals surface area contributed by atoms with Gasteiger partial charge in [-0.2, -0.15) is 0 Å². The molecule has 2 N–H and O–H groups in total. The summed E-state index contributed by atoms with van der Waals surface area (Å²) in [7, 11) is 0. The lowest BCUT2D eigenvalue weighted by molar-refractivity contribution is 0.167. The second-order valence-corrected chi connectivity index (χ2v) is 5.76. The highest BCUT2D eigenvalue weighted by Gasteiger charge is 2.21. The van der Waals surface area contributed by atoms with Crippen molar-refractivity contribution in [1.29, 1.82) is 0 Å². The third-order valence-corrected chi connectivity index (χ3v) is 3.45. The molecule has 0 atom stereocenters. The molecule has 17 heavy (non-hydrogen) atoms. The molecule has 0 saturated carbocycles. The van der Waals surface area contributed by atoms with Crippen LogP contribution in [0.1, 0.15) is 19.4 Å². The van der Waals surface area contributed by atoms with Crippen molar-refractivity contribution >= 4 is 11.8 Å². The van der Waals surface area contributed by atoms with Crippen molar-refractivity contribution in [3.63, 3.8) is 0 Å². The first-order valence-corrected chi connectivity index (χ1v) is 6.98. The van der Waals surface area contributed by atoms with Crippen molar-refractivity contribution in [2.75, 3.05) is 19.5 Å². The molecule has 0 unspecified atom stereocenters. The van der Waals surface area contributed by atoms with Crippen LogP contribution in [0.2, 0.25) is 0 Å². The summed E-state index contributed by atoms with van der Waals surface area (Å²) in [5.74, 6) is 1.73. The minimum absolute atomic E-state index is 0.214. The molecule has 0 aromatic heterocycles. The molecule has 3 nitrogen and oxygen atoms in total. The number of fused-ring (bicyclic) bond motifs is 1. The number of ether oxygens (including phenoxy) is 2. The van der Waals surface area contributed by atoms with Gasteiger partial charge in [0.05, 0.1) is 4.90 Å². The second-order valence-electron chi connectivity index (χ2n) is 4.95. The molecule has 0 bridgehead atoms. The molecule has 0 saturated heterocycles. The van der Waals surface area contributed by atoms with Gasteiger partial charge >= 0.3 is 0 Å². The van der Waals surface area contributed by atoms with E-state index in [4.69, 9.17) is 15.2 Å². The average molecular weight is 253 g/mol. The third kappa shape index (κ3) is 2.87. The Balaban J connectivity index is 2.40. The van der Waals surface area contributed by atoms with E-state index in [2.05, 4.69) is 12.3 Å². The Morgan fingerprint density at radius 2 is 2.00 bits per heavy atom. The lowest BCUT2D eigenvalue weighted by atomic mass is 9.96. The molecule has 94 valence electrons. The van der Waals surface area contributed by atoms with Crippen molar-refractivity contribution in [3.8, 4) is 11.5 Å². The summed E-state index contributed by atoms with van der Waals surface area (Å²) in [6.07, 6.45) is 2.89. The van der Waals surface area contributed by atoms with E-state index < -0.39 is 0 Å². The maximum Gasteiger partial charge on any atom is 0.175 e. The van der Waals surface area contributed by atoms with E-state index in [1.54, 1.807) is 11.8 Å². The predicted octanol–water partition coefficient (Wildman–Crippen LogP) is 2.46. The summed E-state index contributed by atoms with van der Waals surface area (Å²) in [6.45, 7) is 5.32. The van der Waals surface area contributed by atoms with Crippen LogP contribution in [0, 0.1) is 0 Å². The van der Waals surface area contributed by atoms with Crippen molar-refractivity contribution in [2.45, 2.75) is 30.7 Å². The minimum Gasteiger partial charge on any atom is -0.486 e. The number of rotatable bonds is 3. The van der Waals surface area contributed by atoms with Crippen LogP contribution >= 0.6 is 11.8 Å². The van der Waals surface area contributed by atoms with Gasteiger partial charge < -0.3 is 15.2 Å². The SMILES string of the molecule is CSc1c(CC(C)(C)N)ccc2c1OCCO2. The Kier molecular flexibility index (Phi) is 3.54. The van der Waals surface area contributed by atoms with Crippen LogP contribution < -0.4 is 15.2 Å². The first-order valence-electron chi connectivity index (χ1n) is 5.75. The number of thioether (sulfide) groups is 1. The fraction of sp³-hybridized carbons (Fsp3) is 0.538. The van der Waals surface area contributed by atoms with E-state index in [0.29, 0.717) is 13.2 Å². The molecule has 0 radical (unpaired) electrons. The lowest BCUT2D eigenvalue weighted by Crippen LogP contribution is -2.34. The summed E-state index contributed by atoms with van der Waals surface area (Å²) in [5, 5.41) is 0. The topological polar surface area (TPSA) is 44.5 Å². The van der Waals surface area contributed by atoms with Gasteiger partial charge in [-0.15, -0.1) is 11.8 Å². The lowest BCUT2D eigenvalue weighted by Gasteiger charge is -2.25. The Morgan fingerprint density at radius 1 is 1.29 bits per heavy atom. The molecule has 1 aromatic rings. The zero-order chi connectivity index (χ0) is 12.5. The number of hydrogen-bond acceptors (Lipinski definition) is 4. The van der Waals surface area contributed by atoms with E-state index in [9.17, 15) is 0 Å². The summed E-state index contributed by atoms with van der Waals surface area (Å²) < 4.78 is 11.3. The maximum absolute atomic E-state index is 6.09. The standard InChI is InChI=1S/C13H19NO2S/c1-13(2,14)8-9-4-5-10-11(12(9)17-3)16-7-6-15-10/h4-5H,6-8,14H2,1-3H3. The number of hydrogen-bond donors (Lipinski definition) is 1. The van der Waals surface area contributed by atoms with Crippen LogP contribution in [0.15, 0.2) is 17.0 Å². The Labute approximate surface area is 107 Å². The van der Waals surface area contributed by atoms with Crippen molar-refractivity contribution in [3.05, 3.63) is 17.7 Å². The van der Waals surface area contributed by atoms with Gasteiger partial charge in [-0.25, -0.2) is 0 Å². The van der Waals surface area contributed by atoms with Crippen molar-refractivity contribution < 1.29 is 9.47 Å². The average Bonchev–Trinajstić information content (AvgIpc) is 2.27. The van der Waals surface area contributed by atoms with Gasteiger partial charge in [-0.05, 0) is 38.2 Å². The van der Waals surface area contributed by atoms with E-state index in [1.807, 2.05) is 19.9 Å². The zero-order valence-electron chi connectivity index (χ0n) is 10.6. The third-order valence-electron chi connectivity index (χ3n) is 2.60. The fourth-order valence-corrected chi connectivity index (χ4v) is 2.73. The molecule has 4 heteroatoms. The fourth-order valence-electron chi connectivity index (χ4n) is 1.98. The normalized spacial score (nSPS) is 14.8. The van der Waals surface area contributed by atoms with Crippen LogP contribution in [0.3, 0.4) is 0 Å². The zero-order valence-corrected chi connectivity index (χ0v) is 11.4. The first kappa shape index (κ1) is 12.6. The molecule has 0 aliphatic carbocycles. The molecule has 1 heterocycles. The summed E-state index contributed by atoms with van der Waals surface area (Å²) in [4.78, 5) is 1.15. The summed E-state index contributed by atoms with van der Waals surface area (Å²) >= 11 is 1.69. The quantitative estimate of drug-likeness (QED) is 0.840. The molecule has 1 aliphatic rings. The molecule has 1 aromatic carbocycles. The highest BCUT2D eigenvalue weighted by Crippen LogP contribution is 2.41. The first-order chi connectivity index (χ1) is 8.01. The molecular weight excluding hydrogens is 234 g/mol. The Bertz CT molecular complexity index is 413. The monoisotopic (exact) mass is 253 g/mol. The smallest absolute Gasteiger partial charge is 0.175 e.